The summed E-state index contributed by atoms with van der Waals surface area (Å²) in [6, 6.07) is 8.58. The Bertz CT molecular complexity index is 738. The molecule has 0 atom stereocenters. The van der Waals surface area contributed by atoms with Gasteiger partial charge in [-0.05, 0) is 36.8 Å². The van der Waals surface area contributed by atoms with Crippen molar-refractivity contribution in [2.24, 2.45) is 0 Å². The van der Waals surface area contributed by atoms with Gasteiger partial charge in [0.25, 0.3) is 5.91 Å². The second-order valence-corrected chi connectivity index (χ2v) is 6.08. The van der Waals surface area contributed by atoms with E-state index >= 15 is 0 Å². The number of hydrogen-bond donors (Lipinski definition) is 1. The van der Waals surface area contributed by atoms with Crippen LogP contribution in [-0.4, -0.2) is 47.9 Å². The van der Waals surface area contributed by atoms with Gasteiger partial charge in [-0.1, -0.05) is 17.7 Å². The van der Waals surface area contributed by atoms with Gasteiger partial charge >= 0.3 is 6.03 Å². The molecule has 0 saturated carbocycles. The molecule has 0 unspecified atom stereocenters. The lowest BCUT2D eigenvalue weighted by Gasteiger charge is -2.34. The van der Waals surface area contributed by atoms with E-state index in [0.29, 0.717) is 42.6 Å². The highest BCUT2D eigenvalue weighted by atomic mass is 35.5. The summed E-state index contributed by atoms with van der Waals surface area (Å²) in [5.41, 5.74) is 1.62. The Hall–Kier alpha value is -2.47. The third kappa shape index (κ3) is 3.54. The third-order valence-electron chi connectivity index (χ3n) is 3.95. The molecular weight excluding hydrogens is 330 g/mol. The van der Waals surface area contributed by atoms with Crippen LogP contribution in [0.15, 0.2) is 41.0 Å². The van der Waals surface area contributed by atoms with Crippen LogP contribution in [0.25, 0.3) is 0 Å². The van der Waals surface area contributed by atoms with Crippen LogP contribution in [0.5, 0.6) is 0 Å². The number of nitrogens with zero attached hydrogens (tertiary/aromatic N) is 2. The minimum absolute atomic E-state index is 0.151. The van der Waals surface area contributed by atoms with E-state index in [4.69, 9.17) is 16.0 Å². The average molecular weight is 348 g/mol. The normalized spacial score (nSPS) is 14.6. The number of piperazine rings is 1. The lowest BCUT2D eigenvalue weighted by Crippen LogP contribution is -2.51. The van der Waals surface area contributed by atoms with Gasteiger partial charge in [0.05, 0.1) is 17.0 Å². The molecule has 0 bridgehead atoms. The molecule has 7 heteroatoms. The van der Waals surface area contributed by atoms with Gasteiger partial charge in [-0.25, -0.2) is 4.79 Å². The molecule has 1 fully saturated rings. The minimum Gasteiger partial charge on any atom is -0.459 e. The number of furan rings is 1. The largest absolute Gasteiger partial charge is 0.459 e. The summed E-state index contributed by atoms with van der Waals surface area (Å²) >= 11 is 6.14. The number of hydrogen-bond acceptors (Lipinski definition) is 3. The van der Waals surface area contributed by atoms with E-state index in [-0.39, 0.29) is 11.9 Å². The smallest absolute Gasteiger partial charge is 0.322 e. The van der Waals surface area contributed by atoms with Crippen molar-refractivity contribution >= 4 is 29.2 Å². The number of halogens is 1. The van der Waals surface area contributed by atoms with E-state index in [2.05, 4.69) is 5.32 Å². The monoisotopic (exact) mass is 347 g/mol. The molecule has 24 heavy (non-hydrogen) atoms. The highest BCUT2D eigenvalue weighted by molar-refractivity contribution is 6.33. The molecule has 1 saturated heterocycles. The van der Waals surface area contributed by atoms with Crippen molar-refractivity contribution in [2.45, 2.75) is 6.92 Å². The number of anilines is 1. The average Bonchev–Trinajstić information content (AvgIpc) is 3.11. The Morgan fingerprint density at radius 1 is 1.12 bits per heavy atom. The number of aryl methyl sites for hydroxylation is 1. The van der Waals surface area contributed by atoms with Crippen LogP contribution in [0, 0.1) is 6.92 Å². The molecule has 2 heterocycles. The summed E-state index contributed by atoms with van der Waals surface area (Å²) in [5.74, 6) is 0.168. The van der Waals surface area contributed by atoms with E-state index in [9.17, 15) is 9.59 Å². The van der Waals surface area contributed by atoms with Crippen molar-refractivity contribution < 1.29 is 14.0 Å². The van der Waals surface area contributed by atoms with Gasteiger partial charge in [-0.3, -0.25) is 4.79 Å². The molecule has 6 nitrogen and oxygen atoms in total. The first kappa shape index (κ1) is 16.4. The van der Waals surface area contributed by atoms with Crippen LogP contribution in [0.2, 0.25) is 5.02 Å². The lowest BCUT2D eigenvalue weighted by atomic mass is 10.2. The third-order valence-corrected chi connectivity index (χ3v) is 4.26. The van der Waals surface area contributed by atoms with Crippen molar-refractivity contribution in [3.63, 3.8) is 0 Å². The summed E-state index contributed by atoms with van der Waals surface area (Å²) in [4.78, 5) is 27.9. The summed E-state index contributed by atoms with van der Waals surface area (Å²) in [6.07, 6.45) is 1.47. The van der Waals surface area contributed by atoms with Crippen LogP contribution in [-0.2, 0) is 0 Å². The SMILES string of the molecule is Cc1ccc(NC(=O)N2CCN(C(=O)c3ccco3)CC2)c(Cl)c1. The van der Waals surface area contributed by atoms with E-state index in [1.165, 1.54) is 6.26 Å². The molecule has 126 valence electrons. The zero-order valence-electron chi connectivity index (χ0n) is 13.3. The zero-order chi connectivity index (χ0) is 17.1. The van der Waals surface area contributed by atoms with Gasteiger partial charge < -0.3 is 19.5 Å². The Balaban J connectivity index is 1.56. The first-order valence-corrected chi connectivity index (χ1v) is 8.07. The molecule has 3 amide bonds. The first-order valence-electron chi connectivity index (χ1n) is 7.69. The Kier molecular flexibility index (Phi) is 4.76. The molecule has 1 N–H and O–H groups in total. The number of amides is 3. The van der Waals surface area contributed by atoms with Crippen molar-refractivity contribution in [3.05, 3.63) is 52.9 Å². The molecular formula is C17H18ClN3O3. The maximum Gasteiger partial charge on any atom is 0.322 e. The van der Waals surface area contributed by atoms with E-state index in [1.54, 1.807) is 34.1 Å². The lowest BCUT2D eigenvalue weighted by molar-refractivity contribution is 0.0640. The topological polar surface area (TPSA) is 65.8 Å². The van der Waals surface area contributed by atoms with Crippen molar-refractivity contribution in [1.29, 1.82) is 0 Å². The zero-order valence-corrected chi connectivity index (χ0v) is 14.0. The molecule has 1 aliphatic heterocycles. The number of carbonyl (C=O) groups is 2. The van der Waals surface area contributed by atoms with Crippen molar-refractivity contribution in [1.82, 2.24) is 9.80 Å². The van der Waals surface area contributed by atoms with Gasteiger partial charge in [-0.15, -0.1) is 0 Å². The molecule has 0 spiro atoms. The maximum absolute atomic E-state index is 12.3. The molecule has 2 aromatic rings. The van der Waals surface area contributed by atoms with Crippen LogP contribution >= 0.6 is 11.6 Å². The molecule has 3 rings (SSSR count). The Labute approximate surface area is 145 Å². The van der Waals surface area contributed by atoms with Crippen LogP contribution in [0.3, 0.4) is 0 Å². The second-order valence-electron chi connectivity index (χ2n) is 5.67. The fraction of sp³-hybridized carbons (Fsp3) is 0.294. The van der Waals surface area contributed by atoms with Crippen LogP contribution < -0.4 is 5.32 Å². The number of urea groups is 1. The van der Waals surface area contributed by atoms with Crippen molar-refractivity contribution in [2.75, 3.05) is 31.5 Å². The fourth-order valence-electron chi connectivity index (χ4n) is 2.58. The fourth-order valence-corrected chi connectivity index (χ4v) is 2.87. The predicted molar refractivity (Wildman–Crippen MR) is 91.4 cm³/mol. The number of benzene rings is 1. The van der Waals surface area contributed by atoms with Crippen LogP contribution in [0.1, 0.15) is 16.1 Å². The van der Waals surface area contributed by atoms with Crippen molar-refractivity contribution in [3.8, 4) is 0 Å². The van der Waals surface area contributed by atoms with Gasteiger partial charge in [-0.2, -0.15) is 0 Å². The summed E-state index contributed by atoms with van der Waals surface area (Å²) < 4.78 is 5.13. The molecule has 0 aliphatic carbocycles. The summed E-state index contributed by atoms with van der Waals surface area (Å²) in [5, 5.41) is 3.32. The Morgan fingerprint density at radius 2 is 1.83 bits per heavy atom. The molecule has 1 aromatic carbocycles. The van der Waals surface area contributed by atoms with Gasteiger partial charge in [0, 0.05) is 26.2 Å². The summed E-state index contributed by atoms with van der Waals surface area (Å²) in [7, 11) is 0. The highest BCUT2D eigenvalue weighted by Crippen LogP contribution is 2.23. The predicted octanol–water partition coefficient (Wildman–Crippen LogP) is 3.23. The quantitative estimate of drug-likeness (QED) is 0.907. The van der Waals surface area contributed by atoms with Gasteiger partial charge in [0.2, 0.25) is 0 Å². The van der Waals surface area contributed by atoms with E-state index in [1.807, 2.05) is 13.0 Å². The molecule has 1 aromatic heterocycles. The Morgan fingerprint density at radius 3 is 2.46 bits per heavy atom. The maximum atomic E-state index is 12.3. The first-order chi connectivity index (χ1) is 11.5. The number of carbonyl (C=O) groups excluding carboxylic acids is 2. The standard InChI is InChI=1S/C17H18ClN3O3/c1-12-4-5-14(13(18)11-12)19-17(23)21-8-6-20(7-9-21)16(22)15-3-2-10-24-15/h2-5,10-11H,6-9H2,1H3,(H,19,23). The van der Waals surface area contributed by atoms with Gasteiger partial charge in [0.15, 0.2) is 5.76 Å². The highest BCUT2D eigenvalue weighted by Gasteiger charge is 2.26. The molecule has 1 aliphatic rings. The number of rotatable bonds is 2. The van der Waals surface area contributed by atoms with Gasteiger partial charge in [0.1, 0.15) is 0 Å². The minimum atomic E-state index is -0.217. The molecule has 0 radical (unpaired) electrons. The van der Waals surface area contributed by atoms with Crippen LogP contribution in [0.4, 0.5) is 10.5 Å². The second kappa shape index (κ2) is 6.97. The summed E-state index contributed by atoms with van der Waals surface area (Å²) in [6.45, 7) is 3.79. The van der Waals surface area contributed by atoms with E-state index in [0.717, 1.165) is 5.56 Å². The number of nitrogens with one attached hydrogen (secondary N) is 1. The van der Waals surface area contributed by atoms with E-state index < -0.39 is 0 Å².